The molecule has 2 aromatic heterocycles. The van der Waals surface area contributed by atoms with Crippen LogP contribution in [0.2, 0.25) is 0 Å². The van der Waals surface area contributed by atoms with Crippen molar-refractivity contribution in [1.29, 1.82) is 0 Å². The van der Waals surface area contributed by atoms with Gasteiger partial charge in [0.15, 0.2) is 0 Å². The van der Waals surface area contributed by atoms with E-state index in [-0.39, 0.29) is 0 Å². The first-order chi connectivity index (χ1) is 13.9. The molecule has 0 spiro atoms. The van der Waals surface area contributed by atoms with E-state index in [2.05, 4.69) is 48.4 Å². The molecule has 0 atom stereocenters. The fourth-order valence-corrected chi connectivity index (χ4v) is 3.73. The Morgan fingerprint density at radius 3 is 2.62 bits per heavy atom. The molecule has 2 aromatic carbocycles. The third-order valence-electron chi connectivity index (χ3n) is 5.30. The molecular formula is C22H26N6O. The van der Waals surface area contributed by atoms with Gasteiger partial charge < -0.3 is 26.4 Å². The number of pyridine rings is 2. The minimum atomic E-state index is 0.464. The van der Waals surface area contributed by atoms with E-state index in [0.717, 1.165) is 56.9 Å². The van der Waals surface area contributed by atoms with Crippen LogP contribution >= 0.6 is 0 Å². The average molecular weight is 390 g/mol. The summed E-state index contributed by atoms with van der Waals surface area (Å²) in [4.78, 5) is 11.4. The summed E-state index contributed by atoms with van der Waals surface area (Å²) in [6.45, 7) is 3.87. The van der Waals surface area contributed by atoms with E-state index in [1.807, 2.05) is 12.1 Å². The largest absolute Gasteiger partial charge is 0.495 e. The first-order valence-electron chi connectivity index (χ1n) is 9.54. The summed E-state index contributed by atoms with van der Waals surface area (Å²) in [6.07, 6.45) is 1.77. The van der Waals surface area contributed by atoms with E-state index in [0.29, 0.717) is 17.3 Å². The van der Waals surface area contributed by atoms with E-state index >= 15 is 0 Å². The number of aryl methyl sites for hydroxylation is 1. The van der Waals surface area contributed by atoms with Crippen molar-refractivity contribution in [2.75, 3.05) is 51.1 Å². The van der Waals surface area contributed by atoms with E-state index in [4.69, 9.17) is 21.2 Å². The predicted molar refractivity (Wildman–Crippen MR) is 122 cm³/mol. The van der Waals surface area contributed by atoms with Gasteiger partial charge in [0.2, 0.25) is 0 Å². The van der Waals surface area contributed by atoms with Crippen LogP contribution in [0.3, 0.4) is 0 Å². The molecule has 0 unspecified atom stereocenters. The number of hydrogen-bond acceptors (Lipinski definition) is 7. The molecule has 5 N–H and O–H groups in total. The number of nitrogen functional groups attached to an aromatic ring is 2. The highest BCUT2D eigenvalue weighted by Crippen LogP contribution is 2.38. The Bertz CT molecular complexity index is 1240. The van der Waals surface area contributed by atoms with Gasteiger partial charge >= 0.3 is 0 Å². The molecule has 0 amide bonds. The van der Waals surface area contributed by atoms with Crippen LogP contribution in [0, 0.1) is 6.92 Å². The summed E-state index contributed by atoms with van der Waals surface area (Å²) in [5, 5.41) is 7.31. The summed E-state index contributed by atoms with van der Waals surface area (Å²) in [5.74, 6) is 1.08. The predicted octanol–water partition coefficient (Wildman–Crippen LogP) is 3.39. The third kappa shape index (κ3) is 3.23. The summed E-state index contributed by atoms with van der Waals surface area (Å²) in [5.41, 5.74) is 16.8. The second-order valence-corrected chi connectivity index (χ2v) is 7.52. The number of rotatable bonds is 5. The molecule has 0 fully saturated rings. The smallest absolute Gasteiger partial charge is 0.142 e. The molecule has 7 heteroatoms. The molecule has 0 saturated carbocycles. The molecule has 150 valence electrons. The highest BCUT2D eigenvalue weighted by molar-refractivity contribution is 6.22. The van der Waals surface area contributed by atoms with Crippen LogP contribution in [-0.4, -0.2) is 49.2 Å². The Balaban J connectivity index is 1.99. The Hall–Kier alpha value is -3.32. The number of nitrogens with two attached hydrogens (primary N) is 2. The molecule has 0 bridgehead atoms. The average Bonchev–Trinajstić information content (AvgIpc) is 2.69. The van der Waals surface area contributed by atoms with Gasteiger partial charge in [0.1, 0.15) is 11.6 Å². The van der Waals surface area contributed by atoms with Crippen molar-refractivity contribution in [1.82, 2.24) is 14.9 Å². The SMILES string of the molecule is COc1cc2c(cc1N)ncc1c(N)nc3c(C)c(NCCN(C)C)ccc3c12. The fourth-order valence-electron chi connectivity index (χ4n) is 3.73. The van der Waals surface area contributed by atoms with Crippen LogP contribution in [0.5, 0.6) is 5.75 Å². The maximum Gasteiger partial charge on any atom is 0.142 e. The summed E-state index contributed by atoms with van der Waals surface area (Å²) in [7, 11) is 5.73. The van der Waals surface area contributed by atoms with Crippen molar-refractivity contribution in [3.63, 3.8) is 0 Å². The zero-order valence-corrected chi connectivity index (χ0v) is 17.2. The number of ether oxygens (including phenoxy) is 1. The van der Waals surface area contributed by atoms with Gasteiger partial charge in [0, 0.05) is 46.5 Å². The summed E-state index contributed by atoms with van der Waals surface area (Å²) < 4.78 is 5.44. The van der Waals surface area contributed by atoms with Gasteiger partial charge in [-0.3, -0.25) is 4.98 Å². The number of likely N-dealkylation sites (N-methyl/N-ethyl adjacent to an activating group) is 1. The number of anilines is 3. The number of methoxy groups -OCH3 is 1. The number of benzene rings is 2. The fraction of sp³-hybridized carbons (Fsp3) is 0.273. The lowest BCUT2D eigenvalue weighted by atomic mass is 9.99. The molecule has 4 aromatic rings. The van der Waals surface area contributed by atoms with Gasteiger partial charge in [-0.15, -0.1) is 0 Å². The lowest BCUT2D eigenvalue weighted by Gasteiger charge is -2.16. The summed E-state index contributed by atoms with van der Waals surface area (Å²) >= 11 is 0. The highest BCUT2D eigenvalue weighted by Gasteiger charge is 2.15. The Morgan fingerprint density at radius 2 is 1.90 bits per heavy atom. The van der Waals surface area contributed by atoms with Crippen molar-refractivity contribution in [3.05, 3.63) is 36.0 Å². The second-order valence-electron chi connectivity index (χ2n) is 7.52. The molecule has 4 rings (SSSR count). The van der Waals surface area contributed by atoms with Crippen LogP contribution in [0.25, 0.3) is 32.6 Å². The van der Waals surface area contributed by atoms with Crippen molar-refractivity contribution < 1.29 is 4.74 Å². The van der Waals surface area contributed by atoms with Crippen molar-refractivity contribution >= 4 is 49.8 Å². The first-order valence-corrected chi connectivity index (χ1v) is 9.54. The Kier molecular flexibility index (Phi) is 4.76. The topological polar surface area (TPSA) is 102 Å². The molecule has 29 heavy (non-hydrogen) atoms. The van der Waals surface area contributed by atoms with Crippen LogP contribution < -0.4 is 21.5 Å². The Labute approximate surface area is 169 Å². The van der Waals surface area contributed by atoms with E-state index in [9.17, 15) is 0 Å². The lowest BCUT2D eigenvalue weighted by molar-refractivity contribution is 0.417. The molecule has 0 aliphatic rings. The minimum Gasteiger partial charge on any atom is -0.495 e. The maximum atomic E-state index is 6.34. The van der Waals surface area contributed by atoms with Crippen molar-refractivity contribution in [2.45, 2.75) is 6.92 Å². The van der Waals surface area contributed by atoms with Crippen LogP contribution in [0.15, 0.2) is 30.5 Å². The Morgan fingerprint density at radius 1 is 1.10 bits per heavy atom. The number of hydrogen-bond donors (Lipinski definition) is 3. The molecular weight excluding hydrogens is 364 g/mol. The van der Waals surface area contributed by atoms with Gasteiger partial charge in [-0.1, -0.05) is 6.07 Å². The third-order valence-corrected chi connectivity index (χ3v) is 5.30. The number of nitrogens with zero attached hydrogens (tertiary/aromatic N) is 3. The number of fused-ring (bicyclic) bond motifs is 5. The summed E-state index contributed by atoms with van der Waals surface area (Å²) in [6, 6.07) is 7.96. The van der Waals surface area contributed by atoms with Gasteiger partial charge in [-0.2, -0.15) is 0 Å². The highest BCUT2D eigenvalue weighted by atomic mass is 16.5. The van der Waals surface area contributed by atoms with Gasteiger partial charge in [0.05, 0.1) is 23.8 Å². The van der Waals surface area contributed by atoms with Crippen molar-refractivity contribution in [2.24, 2.45) is 0 Å². The quantitative estimate of drug-likeness (QED) is 0.354. The normalized spacial score (nSPS) is 11.6. The minimum absolute atomic E-state index is 0.464. The number of aromatic nitrogens is 2. The molecule has 0 aliphatic heterocycles. The zero-order valence-electron chi connectivity index (χ0n) is 17.2. The maximum absolute atomic E-state index is 6.34. The lowest BCUT2D eigenvalue weighted by Crippen LogP contribution is -2.21. The van der Waals surface area contributed by atoms with E-state index in [1.54, 1.807) is 13.3 Å². The monoisotopic (exact) mass is 390 g/mol. The van der Waals surface area contributed by atoms with Gasteiger partial charge in [-0.05, 0) is 44.8 Å². The second kappa shape index (κ2) is 7.25. The first kappa shape index (κ1) is 19.0. The van der Waals surface area contributed by atoms with Crippen LogP contribution in [-0.2, 0) is 0 Å². The van der Waals surface area contributed by atoms with Gasteiger partial charge in [0.25, 0.3) is 0 Å². The van der Waals surface area contributed by atoms with Crippen LogP contribution in [0.1, 0.15) is 5.56 Å². The molecule has 0 aliphatic carbocycles. The van der Waals surface area contributed by atoms with Gasteiger partial charge in [-0.25, -0.2) is 4.98 Å². The van der Waals surface area contributed by atoms with Crippen LogP contribution in [0.4, 0.5) is 17.2 Å². The molecule has 7 nitrogen and oxygen atoms in total. The molecule has 0 radical (unpaired) electrons. The molecule has 2 heterocycles. The van der Waals surface area contributed by atoms with E-state index in [1.165, 1.54) is 0 Å². The zero-order chi connectivity index (χ0) is 20.7. The standard InChI is InChI=1S/C22H26N6O/c1-12-17(25-7-8-28(2)3)6-5-13-20-14-9-19(29-4)16(23)10-18(14)26-11-15(20)22(24)27-21(12)13/h5-6,9-11,25H,7-8,23H2,1-4H3,(H2,24,27). The van der Waals surface area contributed by atoms with Crippen molar-refractivity contribution in [3.8, 4) is 5.75 Å². The van der Waals surface area contributed by atoms with E-state index < -0.39 is 0 Å². The number of nitrogens with one attached hydrogen (secondary N) is 1. The molecule has 0 saturated heterocycles.